The lowest BCUT2D eigenvalue weighted by atomic mass is 10.1. The molecule has 0 bridgehead atoms. The summed E-state index contributed by atoms with van der Waals surface area (Å²) in [6.45, 7) is 1.91. The second-order valence-corrected chi connectivity index (χ2v) is 5.53. The molecular weight excluding hydrogens is 320 g/mol. The highest BCUT2D eigenvalue weighted by molar-refractivity contribution is 5.99. The van der Waals surface area contributed by atoms with Crippen LogP contribution in [-0.2, 0) is 9.59 Å². The molecular formula is C19H18N2O4. The van der Waals surface area contributed by atoms with Crippen LogP contribution in [0, 0.1) is 0 Å². The standard InChI is InChI=1S/C19H18N2O4/c1-13(14-5-3-2-4-6-14)9-18(22)20-11-19(23)21-15-7-8-16-17(10-15)25-12-24-16/h2-10H,11-12H2,1H3,(H,20,22)(H,21,23)/b13-9+. The Bertz CT molecular complexity index is 815. The third-order valence-electron chi connectivity index (χ3n) is 3.66. The number of rotatable bonds is 5. The minimum atomic E-state index is -0.321. The van der Waals surface area contributed by atoms with Crippen LogP contribution in [-0.4, -0.2) is 25.2 Å². The van der Waals surface area contributed by atoms with Gasteiger partial charge in [0.05, 0.1) is 6.54 Å². The maximum Gasteiger partial charge on any atom is 0.244 e. The summed E-state index contributed by atoms with van der Waals surface area (Å²) in [6, 6.07) is 14.7. The number of hydrogen-bond donors (Lipinski definition) is 2. The molecule has 128 valence electrons. The molecule has 2 amide bonds. The Morgan fingerprint density at radius 2 is 1.84 bits per heavy atom. The summed E-state index contributed by atoms with van der Waals surface area (Å²) >= 11 is 0. The highest BCUT2D eigenvalue weighted by Crippen LogP contribution is 2.34. The monoisotopic (exact) mass is 338 g/mol. The van der Waals surface area contributed by atoms with Crippen LogP contribution in [0.25, 0.3) is 5.57 Å². The lowest BCUT2D eigenvalue weighted by Crippen LogP contribution is -2.31. The van der Waals surface area contributed by atoms with E-state index in [1.807, 2.05) is 37.3 Å². The minimum Gasteiger partial charge on any atom is -0.454 e. The SMILES string of the molecule is C/C(=C\C(=O)NCC(=O)Nc1ccc2c(c1)OCO2)c1ccccc1. The van der Waals surface area contributed by atoms with Crippen LogP contribution in [0.3, 0.4) is 0 Å². The number of nitrogens with one attached hydrogen (secondary N) is 2. The van der Waals surface area contributed by atoms with Gasteiger partial charge >= 0.3 is 0 Å². The predicted molar refractivity (Wildman–Crippen MR) is 94.3 cm³/mol. The van der Waals surface area contributed by atoms with Crippen LogP contribution in [0.4, 0.5) is 5.69 Å². The molecule has 0 unspecified atom stereocenters. The van der Waals surface area contributed by atoms with Gasteiger partial charge in [-0.15, -0.1) is 0 Å². The topological polar surface area (TPSA) is 76.7 Å². The number of ether oxygens (including phenoxy) is 2. The van der Waals surface area contributed by atoms with E-state index in [1.54, 1.807) is 18.2 Å². The van der Waals surface area contributed by atoms with Gasteiger partial charge in [0.25, 0.3) is 0 Å². The van der Waals surface area contributed by atoms with Crippen molar-refractivity contribution in [1.82, 2.24) is 5.32 Å². The maximum atomic E-state index is 12.0. The fraction of sp³-hybridized carbons (Fsp3) is 0.158. The van der Waals surface area contributed by atoms with Crippen molar-refractivity contribution >= 4 is 23.1 Å². The van der Waals surface area contributed by atoms with Crippen LogP contribution in [0.2, 0.25) is 0 Å². The molecule has 1 aliphatic heterocycles. The number of allylic oxidation sites excluding steroid dienone is 1. The van der Waals surface area contributed by atoms with E-state index >= 15 is 0 Å². The lowest BCUT2D eigenvalue weighted by Gasteiger charge is -2.07. The molecule has 0 saturated heterocycles. The third-order valence-corrected chi connectivity index (χ3v) is 3.66. The molecule has 6 nitrogen and oxygen atoms in total. The van der Waals surface area contributed by atoms with Crippen LogP contribution in [0.5, 0.6) is 11.5 Å². The van der Waals surface area contributed by atoms with E-state index < -0.39 is 0 Å². The van der Waals surface area contributed by atoms with Crippen LogP contribution >= 0.6 is 0 Å². The van der Waals surface area contributed by atoms with Crippen LogP contribution in [0.1, 0.15) is 12.5 Å². The number of amides is 2. The maximum absolute atomic E-state index is 12.0. The van der Waals surface area contributed by atoms with Gasteiger partial charge in [0.15, 0.2) is 11.5 Å². The number of hydrogen-bond acceptors (Lipinski definition) is 4. The molecule has 0 spiro atoms. The van der Waals surface area contributed by atoms with Crippen molar-refractivity contribution in [2.45, 2.75) is 6.92 Å². The van der Waals surface area contributed by atoms with Gasteiger partial charge < -0.3 is 20.1 Å². The molecule has 2 N–H and O–H groups in total. The second kappa shape index (κ2) is 7.53. The van der Waals surface area contributed by atoms with Crippen molar-refractivity contribution in [3.63, 3.8) is 0 Å². The molecule has 6 heteroatoms. The van der Waals surface area contributed by atoms with Gasteiger partial charge in [-0.05, 0) is 30.2 Å². The van der Waals surface area contributed by atoms with Crippen molar-refractivity contribution in [3.05, 3.63) is 60.2 Å². The van der Waals surface area contributed by atoms with Gasteiger partial charge in [-0.25, -0.2) is 0 Å². The largest absolute Gasteiger partial charge is 0.454 e. The Morgan fingerprint density at radius 3 is 2.64 bits per heavy atom. The fourth-order valence-corrected chi connectivity index (χ4v) is 2.38. The summed E-state index contributed by atoms with van der Waals surface area (Å²) in [5.41, 5.74) is 2.37. The minimum absolute atomic E-state index is 0.119. The molecule has 0 atom stereocenters. The molecule has 0 fully saturated rings. The number of carbonyl (C=O) groups is 2. The number of benzene rings is 2. The van der Waals surface area contributed by atoms with Crippen molar-refractivity contribution in [3.8, 4) is 11.5 Å². The van der Waals surface area contributed by atoms with E-state index in [4.69, 9.17) is 9.47 Å². The molecule has 0 aromatic heterocycles. The molecule has 3 rings (SSSR count). The van der Waals surface area contributed by atoms with E-state index in [0.717, 1.165) is 11.1 Å². The van der Waals surface area contributed by atoms with Crippen molar-refractivity contribution in [2.75, 3.05) is 18.7 Å². The normalized spacial score (nSPS) is 12.6. The average Bonchev–Trinajstić information content (AvgIpc) is 3.08. The highest BCUT2D eigenvalue weighted by atomic mass is 16.7. The average molecular weight is 338 g/mol. The van der Waals surface area contributed by atoms with Gasteiger partial charge in [-0.1, -0.05) is 30.3 Å². The van der Waals surface area contributed by atoms with Gasteiger partial charge in [0.2, 0.25) is 18.6 Å². The summed E-state index contributed by atoms with van der Waals surface area (Å²) in [5.74, 6) is 0.594. The van der Waals surface area contributed by atoms with Gasteiger partial charge in [-0.2, -0.15) is 0 Å². The molecule has 25 heavy (non-hydrogen) atoms. The zero-order chi connectivity index (χ0) is 17.6. The summed E-state index contributed by atoms with van der Waals surface area (Å²) in [4.78, 5) is 23.9. The zero-order valence-corrected chi connectivity index (χ0v) is 13.7. The first-order valence-corrected chi connectivity index (χ1v) is 7.83. The highest BCUT2D eigenvalue weighted by Gasteiger charge is 2.14. The Kier molecular flexibility index (Phi) is 4.99. The van der Waals surface area contributed by atoms with Crippen molar-refractivity contribution < 1.29 is 19.1 Å². The number of fused-ring (bicyclic) bond motifs is 1. The van der Waals surface area contributed by atoms with Gasteiger partial charge in [0.1, 0.15) is 0 Å². The predicted octanol–water partition coefficient (Wildman–Crippen LogP) is 2.57. The first kappa shape index (κ1) is 16.6. The van der Waals surface area contributed by atoms with E-state index in [9.17, 15) is 9.59 Å². The van der Waals surface area contributed by atoms with Crippen LogP contribution in [0.15, 0.2) is 54.6 Å². The lowest BCUT2D eigenvalue weighted by molar-refractivity contribution is -0.121. The summed E-state index contributed by atoms with van der Waals surface area (Å²) in [5, 5.41) is 5.27. The molecule has 2 aromatic carbocycles. The Labute approximate surface area is 145 Å². The summed E-state index contributed by atoms with van der Waals surface area (Å²) in [7, 11) is 0. The second-order valence-electron chi connectivity index (χ2n) is 5.53. The molecule has 1 aliphatic rings. The molecule has 1 heterocycles. The Hall–Kier alpha value is -3.28. The first-order chi connectivity index (χ1) is 12.1. The van der Waals surface area contributed by atoms with E-state index in [-0.39, 0.29) is 25.2 Å². The molecule has 0 radical (unpaired) electrons. The number of carbonyl (C=O) groups excluding carboxylic acids is 2. The first-order valence-electron chi connectivity index (χ1n) is 7.83. The van der Waals surface area contributed by atoms with E-state index in [2.05, 4.69) is 10.6 Å². The molecule has 0 saturated carbocycles. The van der Waals surface area contributed by atoms with Crippen molar-refractivity contribution in [2.24, 2.45) is 0 Å². The zero-order valence-electron chi connectivity index (χ0n) is 13.7. The quantitative estimate of drug-likeness (QED) is 0.822. The Balaban J connectivity index is 1.51. The van der Waals surface area contributed by atoms with Gasteiger partial charge in [-0.3, -0.25) is 9.59 Å². The molecule has 0 aliphatic carbocycles. The summed E-state index contributed by atoms with van der Waals surface area (Å²) in [6.07, 6.45) is 1.48. The Morgan fingerprint density at radius 1 is 1.08 bits per heavy atom. The third kappa shape index (κ3) is 4.38. The van der Waals surface area contributed by atoms with E-state index in [1.165, 1.54) is 6.08 Å². The number of anilines is 1. The van der Waals surface area contributed by atoms with Crippen molar-refractivity contribution in [1.29, 1.82) is 0 Å². The smallest absolute Gasteiger partial charge is 0.244 e. The summed E-state index contributed by atoms with van der Waals surface area (Å²) < 4.78 is 10.5. The van der Waals surface area contributed by atoms with Gasteiger partial charge in [0, 0.05) is 17.8 Å². The fourth-order valence-electron chi connectivity index (χ4n) is 2.38. The molecule has 2 aromatic rings. The van der Waals surface area contributed by atoms with Crippen LogP contribution < -0.4 is 20.1 Å². The van der Waals surface area contributed by atoms with E-state index in [0.29, 0.717) is 17.2 Å².